The van der Waals surface area contributed by atoms with E-state index in [2.05, 4.69) is 155 Å². The monoisotopic (exact) mass is 882 g/mol. The summed E-state index contributed by atoms with van der Waals surface area (Å²) in [4.78, 5) is 10.1. The molecule has 0 spiro atoms. The molecule has 0 aliphatic heterocycles. The third kappa shape index (κ3) is 8.75. The lowest BCUT2D eigenvalue weighted by atomic mass is 9.65. The van der Waals surface area contributed by atoms with E-state index in [0.717, 1.165) is 39.0 Å². The number of pyridine rings is 1. The zero-order valence-corrected chi connectivity index (χ0v) is 41.0. The quantitative estimate of drug-likeness (QED) is 0.173. The van der Waals surface area contributed by atoms with Crippen molar-refractivity contribution in [1.82, 2.24) is 14.5 Å². The molecule has 8 rings (SSSR count). The van der Waals surface area contributed by atoms with Gasteiger partial charge >= 0.3 is 0 Å². The lowest BCUT2D eigenvalue weighted by Crippen LogP contribution is -2.34. The molecule has 0 amide bonds. The van der Waals surface area contributed by atoms with Crippen molar-refractivity contribution in [3.05, 3.63) is 167 Å². The van der Waals surface area contributed by atoms with Crippen LogP contribution in [0.15, 0.2) is 139 Å². The number of phenolic OH excluding ortho intramolecular Hbond substituents is 1. The molecular formula is C62H69N3O. The van der Waals surface area contributed by atoms with Gasteiger partial charge in [-0.2, -0.15) is 0 Å². The van der Waals surface area contributed by atoms with Crippen LogP contribution < -0.4 is 0 Å². The van der Waals surface area contributed by atoms with E-state index >= 15 is 0 Å². The van der Waals surface area contributed by atoms with Crippen LogP contribution in [0.4, 0.5) is 0 Å². The lowest BCUT2D eigenvalue weighted by Gasteiger charge is -2.40. The number of fused-ring (bicyclic) bond motifs is 1. The van der Waals surface area contributed by atoms with Crippen molar-refractivity contribution < 1.29 is 18.8 Å². The molecule has 0 aliphatic carbocycles. The number of aromatic nitrogens is 3. The molecule has 6 aromatic carbocycles. The van der Waals surface area contributed by atoms with Gasteiger partial charge in [0, 0.05) is 32.5 Å². The maximum atomic E-state index is 12.7. The van der Waals surface area contributed by atoms with E-state index in [1.54, 1.807) is 0 Å². The number of benzene rings is 6. The number of nitrogens with zero attached hydrogens (tertiary/aromatic N) is 3. The summed E-state index contributed by atoms with van der Waals surface area (Å²) in [5, 5.41) is 12.7. The Bertz CT molecular complexity index is 3590. The molecule has 0 unspecified atom stereocenters. The Labute approximate surface area is 408 Å². The largest absolute Gasteiger partial charge is 0.507 e. The summed E-state index contributed by atoms with van der Waals surface area (Å²) in [7, 11) is 0. The number of hydrogen-bond donors (Lipinski definition) is 1. The fourth-order valence-electron chi connectivity index (χ4n) is 8.34. The highest BCUT2D eigenvalue weighted by Gasteiger charge is 2.36. The van der Waals surface area contributed by atoms with E-state index in [0.29, 0.717) is 33.6 Å². The van der Waals surface area contributed by atoms with Gasteiger partial charge in [-0.3, -0.25) is 9.55 Å². The highest BCUT2D eigenvalue weighted by Crippen LogP contribution is 2.48. The molecule has 1 N–H and O–H groups in total. The molecule has 2 heterocycles. The Kier molecular flexibility index (Phi) is 8.78. The second-order valence-corrected chi connectivity index (χ2v) is 22.3. The van der Waals surface area contributed by atoms with E-state index < -0.39 is 71.2 Å². The Morgan fingerprint density at radius 1 is 0.545 bits per heavy atom. The van der Waals surface area contributed by atoms with E-state index in [1.807, 2.05) is 48.5 Å². The van der Waals surface area contributed by atoms with Crippen LogP contribution in [0.5, 0.6) is 5.75 Å². The van der Waals surface area contributed by atoms with Crippen molar-refractivity contribution in [3.63, 3.8) is 0 Å². The van der Waals surface area contributed by atoms with Crippen molar-refractivity contribution >= 4 is 11.0 Å². The van der Waals surface area contributed by atoms with Gasteiger partial charge in [0.25, 0.3) is 0 Å². The average molecular weight is 882 g/mol. The molecule has 66 heavy (non-hydrogen) atoms. The predicted molar refractivity (Wildman–Crippen MR) is 281 cm³/mol. The van der Waals surface area contributed by atoms with Crippen molar-refractivity contribution in [2.24, 2.45) is 5.41 Å². The van der Waals surface area contributed by atoms with E-state index in [4.69, 9.17) is 17.3 Å². The summed E-state index contributed by atoms with van der Waals surface area (Å²) in [6.45, 7) is 27.3. The zero-order valence-electron chi connectivity index (χ0n) is 51.0. The smallest absolute Gasteiger partial charge is 0.149 e. The molecule has 0 saturated carbocycles. The zero-order chi connectivity index (χ0) is 56.3. The Balaban J connectivity index is 1.49. The van der Waals surface area contributed by atoms with Gasteiger partial charge in [-0.15, -0.1) is 0 Å². The van der Waals surface area contributed by atoms with Crippen LogP contribution in [0, 0.1) is 12.3 Å². The Morgan fingerprint density at radius 3 is 1.83 bits per heavy atom. The summed E-state index contributed by atoms with van der Waals surface area (Å²) in [6, 6.07) is 28.8. The van der Waals surface area contributed by atoms with Gasteiger partial charge in [0.15, 0.2) is 0 Å². The third-order valence-corrected chi connectivity index (χ3v) is 13.5. The van der Waals surface area contributed by atoms with Crippen molar-refractivity contribution in [3.8, 4) is 67.5 Å². The van der Waals surface area contributed by atoms with Crippen molar-refractivity contribution in [2.45, 2.75) is 125 Å². The first-order chi connectivity index (χ1) is 35.0. The van der Waals surface area contributed by atoms with Crippen LogP contribution >= 0.6 is 0 Å². The molecule has 0 saturated heterocycles. The minimum atomic E-state index is -2.97. The van der Waals surface area contributed by atoms with E-state index in [9.17, 15) is 6.48 Å². The predicted octanol–water partition coefficient (Wildman–Crippen LogP) is 17.0. The van der Waals surface area contributed by atoms with E-state index in [-0.39, 0.29) is 33.3 Å². The molecule has 0 aliphatic rings. The maximum Gasteiger partial charge on any atom is 0.149 e. The van der Waals surface area contributed by atoms with Crippen LogP contribution in [0.3, 0.4) is 0 Å². The number of imidazole rings is 1. The molecule has 2 aromatic heterocycles. The molecule has 0 atom stereocenters. The van der Waals surface area contributed by atoms with Gasteiger partial charge in [0.1, 0.15) is 11.6 Å². The lowest BCUT2D eigenvalue weighted by molar-refractivity contribution is 0.225. The summed E-state index contributed by atoms with van der Waals surface area (Å²) >= 11 is 0. The molecular weight excluding hydrogens is 803 g/mol. The van der Waals surface area contributed by atoms with Gasteiger partial charge in [0.05, 0.1) is 37.6 Å². The number of para-hydroxylation sites is 1. The number of hydrogen-bond acceptors (Lipinski definition) is 3. The summed E-state index contributed by atoms with van der Waals surface area (Å²) in [5.41, 5.74) is 7.20. The molecule has 4 heteroatoms. The van der Waals surface area contributed by atoms with Crippen LogP contribution in [0.1, 0.15) is 138 Å². The molecule has 0 radical (unpaired) electrons. The first-order valence-electron chi connectivity index (χ1n) is 27.8. The topological polar surface area (TPSA) is 50.9 Å². The standard InChI is InChI=1S/C62H69N3O/c1-39-24-26-40(27-25-39)42-30-31-63-52(35-42)44-32-43(33-46(34-44)58(2,3)4)48-22-19-23-54-55(48)64-57(50-37-47(59(5,6)7)38-51(56(50)66)60(8,9)10)65(54)53-29-28-45(62(14,15)61(11,12)13)36-49(53)41-20-17-16-18-21-41/h16-38,66H,1-15H3/i1D3,24D,25D,26D,27D,30D,31D,35D. The van der Waals surface area contributed by atoms with Gasteiger partial charge in [0.2, 0.25) is 0 Å². The number of rotatable bonds is 7. The number of phenols is 1. The van der Waals surface area contributed by atoms with Gasteiger partial charge in [-0.25, -0.2) is 4.98 Å². The fraction of sp³-hybridized carbons (Fsp3) is 0.323. The van der Waals surface area contributed by atoms with Crippen molar-refractivity contribution in [2.75, 3.05) is 0 Å². The van der Waals surface area contributed by atoms with Gasteiger partial charge in [-0.1, -0.05) is 187 Å². The minimum Gasteiger partial charge on any atom is -0.507 e. The third-order valence-electron chi connectivity index (χ3n) is 13.5. The Morgan fingerprint density at radius 2 is 1.20 bits per heavy atom. The summed E-state index contributed by atoms with van der Waals surface area (Å²) in [5.74, 6) is 0.656. The highest BCUT2D eigenvalue weighted by atomic mass is 16.3. The summed E-state index contributed by atoms with van der Waals surface area (Å²) < 4.78 is 88.7. The number of aromatic hydroxyl groups is 1. The molecule has 4 nitrogen and oxygen atoms in total. The highest BCUT2D eigenvalue weighted by molar-refractivity contribution is 5.98. The maximum absolute atomic E-state index is 12.7. The van der Waals surface area contributed by atoms with Gasteiger partial charge < -0.3 is 5.11 Å². The Hall–Kier alpha value is -6.26. The normalized spacial score (nSPS) is 15.2. The summed E-state index contributed by atoms with van der Waals surface area (Å²) in [6.07, 6.45) is -0.566. The molecule has 8 aromatic rings. The van der Waals surface area contributed by atoms with Crippen LogP contribution in [-0.2, 0) is 21.7 Å². The minimum absolute atomic E-state index is 0.0390. The van der Waals surface area contributed by atoms with Crippen LogP contribution in [0.2, 0.25) is 0 Å². The average Bonchev–Trinajstić information content (AvgIpc) is 3.71. The SMILES string of the molecule is [2H]c1nc(-c2cc(-c3cccc4c3nc(-c3cc(C(C)(C)C)cc(C(C)(C)C)c3O)n4-c3ccc(C(C)(C)C(C)(C)C)cc3-c3ccccc3)cc(C(C)(C)C)c2)c([2H])c(-c2c([2H])c([2H])c(C([2H])([2H])[2H])c([2H])c2[2H])c1[2H]. The molecule has 338 valence electrons. The van der Waals surface area contributed by atoms with Crippen molar-refractivity contribution in [1.29, 1.82) is 0 Å². The van der Waals surface area contributed by atoms with Crippen LogP contribution in [-0.4, -0.2) is 19.6 Å². The molecule has 0 fully saturated rings. The second kappa shape index (κ2) is 16.6. The fourth-order valence-corrected chi connectivity index (χ4v) is 8.34. The first-order valence-corrected chi connectivity index (χ1v) is 22.8. The van der Waals surface area contributed by atoms with E-state index in [1.165, 1.54) is 5.56 Å². The van der Waals surface area contributed by atoms with Crippen LogP contribution in [0.25, 0.3) is 72.7 Å². The second-order valence-electron chi connectivity index (χ2n) is 22.3. The first kappa shape index (κ1) is 35.0. The molecule has 0 bridgehead atoms. The van der Waals surface area contributed by atoms with Gasteiger partial charge in [-0.05, 0) is 121 Å².